The number of amides is 2. The summed E-state index contributed by atoms with van der Waals surface area (Å²) in [5.74, 6) is 2.19. The highest BCUT2D eigenvalue weighted by Crippen LogP contribution is 2.28. The molecule has 1 aliphatic heterocycles. The van der Waals surface area contributed by atoms with Gasteiger partial charge < -0.3 is 14.0 Å². The van der Waals surface area contributed by atoms with Gasteiger partial charge in [0.15, 0.2) is 0 Å². The van der Waals surface area contributed by atoms with Crippen molar-refractivity contribution in [1.82, 2.24) is 14.9 Å². The Morgan fingerprint density at radius 2 is 1.76 bits per heavy atom. The number of ether oxygens (including phenoxy) is 2. The molecule has 0 bridgehead atoms. The predicted molar refractivity (Wildman–Crippen MR) is 145 cm³/mol. The third kappa shape index (κ3) is 6.09. The maximum Gasteiger partial charge on any atom is 0.286 e. The van der Waals surface area contributed by atoms with E-state index in [0.717, 1.165) is 40.4 Å². The topological polar surface area (TPSA) is 129 Å². The normalized spacial score (nSPS) is 15.5. The van der Waals surface area contributed by atoms with Crippen LogP contribution in [0.15, 0.2) is 66.7 Å². The van der Waals surface area contributed by atoms with E-state index >= 15 is 0 Å². The van der Waals surface area contributed by atoms with Crippen molar-refractivity contribution in [2.75, 3.05) is 11.0 Å². The van der Waals surface area contributed by atoms with E-state index in [1.54, 1.807) is 30.3 Å². The fourth-order valence-electron chi connectivity index (χ4n) is 4.00. The maximum absolute atomic E-state index is 11.8. The molecule has 1 fully saturated rings. The van der Waals surface area contributed by atoms with Gasteiger partial charge in [0.2, 0.25) is 15.9 Å². The average Bonchev–Trinajstić information content (AvgIpc) is 3.34. The van der Waals surface area contributed by atoms with Gasteiger partial charge in [-0.1, -0.05) is 30.0 Å². The number of aromatic nitrogens is 2. The minimum absolute atomic E-state index is 0.245. The average molecular weight is 553 g/mol. The van der Waals surface area contributed by atoms with Crippen molar-refractivity contribution < 1.29 is 27.5 Å². The molecule has 2 N–H and O–H groups in total. The van der Waals surface area contributed by atoms with Gasteiger partial charge in [0, 0.05) is 19.2 Å². The van der Waals surface area contributed by atoms with Gasteiger partial charge in [0.1, 0.15) is 29.7 Å². The van der Waals surface area contributed by atoms with E-state index in [1.807, 2.05) is 48.0 Å². The highest BCUT2D eigenvalue weighted by Gasteiger charge is 2.31. The lowest BCUT2D eigenvalue weighted by atomic mass is 10.1. The maximum atomic E-state index is 11.8. The standard InChI is InChI=1S/C26H24N4O6S2/c1-30-22-14-20(36-19-5-3-4-17(13-19)29-38(2,33)34)10-11-21(22)27-24(30)15-35-18-8-6-16(7-9-18)12-23-25(31)28-26(32)37-23/h3-11,13-14,23,29H,12,15H2,1-2H3,(H,28,31,32). The van der Waals surface area contributed by atoms with E-state index in [4.69, 9.17) is 9.47 Å². The quantitative estimate of drug-likeness (QED) is 0.316. The van der Waals surface area contributed by atoms with Gasteiger partial charge in [0.05, 0.1) is 28.2 Å². The first-order chi connectivity index (χ1) is 18.1. The number of rotatable bonds is 9. The first-order valence-corrected chi connectivity index (χ1v) is 14.3. The molecule has 0 spiro atoms. The van der Waals surface area contributed by atoms with Crippen LogP contribution in [0.3, 0.4) is 0 Å². The van der Waals surface area contributed by atoms with Crippen LogP contribution in [0.5, 0.6) is 17.2 Å². The van der Waals surface area contributed by atoms with E-state index in [1.165, 1.54) is 0 Å². The Kier molecular flexibility index (Phi) is 7.00. The molecule has 2 amide bonds. The van der Waals surface area contributed by atoms with Crippen LogP contribution in [0.1, 0.15) is 11.4 Å². The summed E-state index contributed by atoms with van der Waals surface area (Å²) in [6, 6.07) is 19.6. The second-order valence-corrected chi connectivity index (χ2v) is 11.7. The first-order valence-electron chi connectivity index (χ1n) is 11.6. The summed E-state index contributed by atoms with van der Waals surface area (Å²) in [4.78, 5) is 27.8. The van der Waals surface area contributed by atoms with Gasteiger partial charge in [-0.3, -0.25) is 19.6 Å². The number of hydrogen-bond acceptors (Lipinski definition) is 8. The molecular formula is C26H24N4O6S2. The Morgan fingerprint density at radius 1 is 1.03 bits per heavy atom. The molecule has 1 atom stereocenters. The molecule has 3 aromatic carbocycles. The van der Waals surface area contributed by atoms with Gasteiger partial charge >= 0.3 is 0 Å². The summed E-state index contributed by atoms with van der Waals surface area (Å²) in [6.45, 7) is 0.245. The number of fused-ring (bicyclic) bond motifs is 1. The number of nitrogens with one attached hydrogen (secondary N) is 2. The summed E-state index contributed by atoms with van der Waals surface area (Å²) in [6.07, 6.45) is 1.56. The van der Waals surface area contributed by atoms with Crippen LogP contribution >= 0.6 is 11.8 Å². The van der Waals surface area contributed by atoms with E-state index in [0.29, 0.717) is 29.4 Å². The largest absolute Gasteiger partial charge is 0.486 e. The number of aryl methyl sites for hydroxylation is 1. The van der Waals surface area contributed by atoms with Crippen LogP contribution in [-0.4, -0.2) is 40.6 Å². The Labute approximate surface area is 223 Å². The molecule has 0 aliphatic carbocycles. The van der Waals surface area contributed by atoms with E-state index in [-0.39, 0.29) is 17.8 Å². The molecule has 2 heterocycles. The number of carbonyl (C=O) groups excluding carboxylic acids is 2. The van der Waals surface area contributed by atoms with Gasteiger partial charge in [-0.2, -0.15) is 0 Å². The summed E-state index contributed by atoms with van der Waals surface area (Å²) < 4.78 is 39.3. The second kappa shape index (κ2) is 10.4. The molecule has 10 nitrogen and oxygen atoms in total. The zero-order valence-electron chi connectivity index (χ0n) is 20.5. The second-order valence-electron chi connectivity index (χ2n) is 8.76. The van der Waals surface area contributed by atoms with Crippen LogP contribution in [0.25, 0.3) is 11.0 Å². The predicted octanol–water partition coefficient (Wildman–Crippen LogP) is 4.21. The van der Waals surface area contributed by atoms with Crippen molar-refractivity contribution in [1.29, 1.82) is 0 Å². The Hall–Kier alpha value is -4.03. The molecule has 0 saturated carbocycles. The number of benzene rings is 3. The van der Waals surface area contributed by atoms with E-state index in [2.05, 4.69) is 15.0 Å². The van der Waals surface area contributed by atoms with Crippen LogP contribution in [0.2, 0.25) is 0 Å². The lowest BCUT2D eigenvalue weighted by Gasteiger charge is -2.09. The van der Waals surface area contributed by atoms with Crippen LogP contribution in [0, 0.1) is 0 Å². The molecule has 5 rings (SSSR count). The number of anilines is 1. The smallest absolute Gasteiger partial charge is 0.286 e. The van der Waals surface area contributed by atoms with E-state index in [9.17, 15) is 18.0 Å². The minimum Gasteiger partial charge on any atom is -0.486 e. The third-order valence-electron chi connectivity index (χ3n) is 5.80. The Bertz CT molecular complexity index is 1630. The monoisotopic (exact) mass is 552 g/mol. The van der Waals surface area contributed by atoms with Gasteiger partial charge in [-0.05, 0) is 48.4 Å². The highest BCUT2D eigenvalue weighted by molar-refractivity contribution is 8.15. The Morgan fingerprint density at radius 3 is 2.47 bits per heavy atom. The minimum atomic E-state index is -3.39. The summed E-state index contributed by atoms with van der Waals surface area (Å²) in [7, 11) is -1.50. The lowest BCUT2D eigenvalue weighted by Crippen LogP contribution is -2.25. The van der Waals surface area contributed by atoms with Crippen molar-refractivity contribution in [2.24, 2.45) is 7.05 Å². The summed E-state index contributed by atoms with van der Waals surface area (Å²) >= 11 is 1.01. The molecule has 1 aromatic heterocycles. The number of nitrogens with zero attached hydrogens (tertiary/aromatic N) is 2. The number of hydrogen-bond donors (Lipinski definition) is 2. The first kappa shape index (κ1) is 25.6. The third-order valence-corrected chi connectivity index (χ3v) is 7.39. The van der Waals surface area contributed by atoms with Crippen molar-refractivity contribution in [2.45, 2.75) is 18.3 Å². The molecule has 0 radical (unpaired) electrons. The van der Waals surface area contributed by atoms with Crippen LogP contribution in [-0.2, 0) is 34.9 Å². The lowest BCUT2D eigenvalue weighted by molar-refractivity contribution is -0.118. The number of carbonyl (C=O) groups is 2. The number of imide groups is 1. The summed E-state index contributed by atoms with van der Waals surface area (Å²) in [5.41, 5.74) is 2.98. The fraction of sp³-hybridized carbons (Fsp3) is 0.192. The SMILES string of the molecule is Cn1c(COc2ccc(CC3SC(=O)NC3=O)cc2)nc2ccc(Oc3cccc(NS(C)(=O)=O)c3)cc21. The molecular weight excluding hydrogens is 528 g/mol. The number of imidazole rings is 1. The summed E-state index contributed by atoms with van der Waals surface area (Å²) in [5, 5.41) is 1.58. The molecule has 196 valence electrons. The molecule has 38 heavy (non-hydrogen) atoms. The van der Waals surface area contributed by atoms with Gasteiger partial charge in [0.25, 0.3) is 5.24 Å². The molecule has 1 aliphatic rings. The van der Waals surface area contributed by atoms with Crippen molar-refractivity contribution >= 4 is 49.7 Å². The van der Waals surface area contributed by atoms with Crippen LogP contribution in [0.4, 0.5) is 10.5 Å². The Balaban J connectivity index is 1.24. The molecule has 4 aromatic rings. The van der Waals surface area contributed by atoms with E-state index < -0.39 is 15.3 Å². The zero-order valence-corrected chi connectivity index (χ0v) is 22.1. The van der Waals surface area contributed by atoms with Gasteiger partial charge in [-0.15, -0.1) is 0 Å². The zero-order chi connectivity index (χ0) is 26.9. The number of thioether (sulfide) groups is 1. The number of sulfonamides is 1. The van der Waals surface area contributed by atoms with Crippen molar-refractivity contribution in [3.05, 3.63) is 78.1 Å². The fourth-order valence-corrected chi connectivity index (χ4v) is 5.41. The van der Waals surface area contributed by atoms with Crippen LogP contribution < -0.4 is 19.5 Å². The highest BCUT2D eigenvalue weighted by atomic mass is 32.2. The molecule has 1 unspecified atom stereocenters. The van der Waals surface area contributed by atoms with Crippen molar-refractivity contribution in [3.63, 3.8) is 0 Å². The molecule has 1 saturated heterocycles. The van der Waals surface area contributed by atoms with Crippen molar-refractivity contribution in [3.8, 4) is 17.2 Å². The molecule has 12 heteroatoms. The van der Waals surface area contributed by atoms with Gasteiger partial charge in [-0.25, -0.2) is 13.4 Å².